The molecule has 0 bridgehead atoms. The minimum Gasteiger partial charge on any atom is -0.351 e. The first-order valence-electron chi connectivity index (χ1n) is 6.73. The van der Waals surface area contributed by atoms with Gasteiger partial charge in [-0.15, -0.1) is 0 Å². The van der Waals surface area contributed by atoms with Crippen molar-refractivity contribution in [2.45, 2.75) is 39.2 Å². The summed E-state index contributed by atoms with van der Waals surface area (Å²) in [6.07, 6.45) is 7.48. The average Bonchev–Trinajstić information content (AvgIpc) is 2.90. The van der Waals surface area contributed by atoms with Gasteiger partial charge in [0.05, 0.1) is 11.6 Å². The molecule has 2 rings (SSSR count). The summed E-state index contributed by atoms with van der Waals surface area (Å²) in [7, 11) is 0. The first kappa shape index (κ1) is 13.1. The summed E-state index contributed by atoms with van der Waals surface area (Å²) in [5, 5.41) is 13.0. The van der Waals surface area contributed by atoms with Crippen molar-refractivity contribution in [3.63, 3.8) is 0 Å². The normalized spacial score (nSPS) is 18.5. The topological polar surface area (TPSA) is 69.8 Å². The fraction of sp³-hybridized carbons (Fsp3) is 0.692. The zero-order valence-electron chi connectivity index (χ0n) is 11.0. The Hall–Kier alpha value is -1.36. The number of hydrogen-bond donors (Lipinski definition) is 3. The molecule has 1 saturated heterocycles. The molecular formula is C13H22N4O. The number of carbonyl (C=O) groups excluding carboxylic acids is 1. The van der Waals surface area contributed by atoms with Crippen LogP contribution < -0.4 is 10.6 Å². The minimum absolute atomic E-state index is 0.163. The Bertz CT molecular complexity index is 363. The Morgan fingerprint density at radius 2 is 2.28 bits per heavy atom. The molecule has 0 aliphatic carbocycles. The number of nitrogens with zero attached hydrogens (tertiary/aromatic N) is 1. The van der Waals surface area contributed by atoms with Crippen molar-refractivity contribution >= 4 is 5.91 Å². The van der Waals surface area contributed by atoms with Crippen LogP contribution in [-0.2, 0) is 11.3 Å². The van der Waals surface area contributed by atoms with Crippen molar-refractivity contribution in [3.8, 4) is 0 Å². The van der Waals surface area contributed by atoms with Gasteiger partial charge in [0.15, 0.2) is 0 Å². The highest BCUT2D eigenvalue weighted by atomic mass is 16.2. The molecule has 0 saturated carbocycles. The average molecular weight is 250 g/mol. The molecule has 1 aliphatic heterocycles. The van der Waals surface area contributed by atoms with Crippen LogP contribution in [0.1, 0.15) is 38.2 Å². The van der Waals surface area contributed by atoms with Crippen LogP contribution in [0.4, 0.5) is 0 Å². The fourth-order valence-electron chi connectivity index (χ4n) is 2.72. The van der Waals surface area contributed by atoms with Gasteiger partial charge in [-0.1, -0.05) is 13.3 Å². The predicted molar refractivity (Wildman–Crippen MR) is 69.9 cm³/mol. The highest BCUT2D eigenvalue weighted by Crippen LogP contribution is 2.34. The number of H-pyrrole nitrogens is 1. The van der Waals surface area contributed by atoms with Crippen LogP contribution in [-0.4, -0.2) is 29.2 Å². The quantitative estimate of drug-likeness (QED) is 0.735. The lowest BCUT2D eigenvalue weighted by Gasteiger charge is -2.36. The smallest absolute Gasteiger partial charge is 0.226 e. The van der Waals surface area contributed by atoms with Crippen molar-refractivity contribution in [2.75, 3.05) is 13.1 Å². The molecule has 0 radical (unpaired) electrons. The summed E-state index contributed by atoms with van der Waals surface area (Å²) < 4.78 is 0. The van der Waals surface area contributed by atoms with Gasteiger partial charge >= 0.3 is 0 Å². The largest absolute Gasteiger partial charge is 0.351 e. The molecular weight excluding hydrogens is 228 g/mol. The molecule has 5 heteroatoms. The van der Waals surface area contributed by atoms with Crippen LogP contribution >= 0.6 is 0 Å². The van der Waals surface area contributed by atoms with E-state index in [0.717, 1.165) is 44.3 Å². The molecule has 0 atom stereocenters. The number of hydrogen-bond acceptors (Lipinski definition) is 3. The Morgan fingerprint density at radius 1 is 1.50 bits per heavy atom. The van der Waals surface area contributed by atoms with Gasteiger partial charge in [-0.05, 0) is 32.4 Å². The Morgan fingerprint density at radius 3 is 2.89 bits per heavy atom. The van der Waals surface area contributed by atoms with Crippen molar-refractivity contribution in [2.24, 2.45) is 5.41 Å². The molecule has 18 heavy (non-hydrogen) atoms. The van der Waals surface area contributed by atoms with Gasteiger partial charge in [0.2, 0.25) is 5.91 Å². The van der Waals surface area contributed by atoms with E-state index in [1.54, 1.807) is 6.20 Å². The number of carbonyl (C=O) groups is 1. The lowest BCUT2D eigenvalue weighted by Crippen LogP contribution is -2.47. The number of amides is 1. The molecule has 1 fully saturated rings. The Kier molecular flexibility index (Phi) is 4.36. The summed E-state index contributed by atoms with van der Waals surface area (Å²) in [6.45, 7) is 4.60. The van der Waals surface area contributed by atoms with Crippen LogP contribution in [0, 0.1) is 5.41 Å². The molecule has 1 aliphatic rings. The van der Waals surface area contributed by atoms with Gasteiger partial charge in [0.25, 0.3) is 0 Å². The van der Waals surface area contributed by atoms with E-state index in [2.05, 4.69) is 27.8 Å². The molecule has 0 aromatic carbocycles. The Balaban J connectivity index is 1.95. The van der Waals surface area contributed by atoms with Crippen molar-refractivity contribution in [3.05, 3.63) is 18.0 Å². The lowest BCUT2D eigenvalue weighted by molar-refractivity contribution is -0.133. The van der Waals surface area contributed by atoms with Crippen molar-refractivity contribution < 1.29 is 4.79 Å². The van der Waals surface area contributed by atoms with Crippen LogP contribution in [0.3, 0.4) is 0 Å². The van der Waals surface area contributed by atoms with E-state index in [4.69, 9.17) is 0 Å². The molecule has 2 heterocycles. The van der Waals surface area contributed by atoms with E-state index >= 15 is 0 Å². The maximum atomic E-state index is 12.4. The molecule has 1 amide bonds. The maximum absolute atomic E-state index is 12.4. The van der Waals surface area contributed by atoms with Gasteiger partial charge in [-0.25, -0.2) is 0 Å². The second-order valence-corrected chi connectivity index (χ2v) is 5.07. The van der Waals surface area contributed by atoms with Gasteiger partial charge in [-0.3, -0.25) is 9.89 Å². The van der Waals surface area contributed by atoms with Crippen molar-refractivity contribution in [1.82, 2.24) is 20.8 Å². The number of piperidine rings is 1. The standard InChI is InChI=1S/C13H22N4O/c1-2-3-13(4-6-14-7-5-13)12(18)15-8-11-9-16-17-10-11/h9-10,14H,2-8H2,1H3,(H,15,18)(H,16,17). The molecule has 5 nitrogen and oxygen atoms in total. The van der Waals surface area contributed by atoms with E-state index in [1.807, 2.05) is 6.20 Å². The summed E-state index contributed by atoms with van der Waals surface area (Å²) in [5.74, 6) is 0.201. The first-order chi connectivity index (χ1) is 8.77. The fourth-order valence-corrected chi connectivity index (χ4v) is 2.72. The SMILES string of the molecule is CCCC1(C(=O)NCc2cn[nH]c2)CCNCC1. The van der Waals surface area contributed by atoms with Crippen LogP contribution in [0.15, 0.2) is 12.4 Å². The van der Waals surface area contributed by atoms with Gasteiger partial charge in [-0.2, -0.15) is 5.10 Å². The van der Waals surface area contributed by atoms with E-state index in [0.29, 0.717) is 6.54 Å². The highest BCUT2D eigenvalue weighted by molar-refractivity contribution is 5.82. The second kappa shape index (κ2) is 6.00. The molecule has 3 N–H and O–H groups in total. The zero-order valence-corrected chi connectivity index (χ0v) is 11.0. The highest BCUT2D eigenvalue weighted by Gasteiger charge is 2.38. The zero-order chi connectivity index (χ0) is 12.8. The first-order valence-corrected chi connectivity index (χ1v) is 6.73. The lowest BCUT2D eigenvalue weighted by atomic mass is 9.74. The predicted octanol–water partition coefficient (Wildman–Crippen LogP) is 1.20. The van der Waals surface area contributed by atoms with E-state index in [9.17, 15) is 4.79 Å². The summed E-state index contributed by atoms with van der Waals surface area (Å²) in [6, 6.07) is 0. The van der Waals surface area contributed by atoms with E-state index < -0.39 is 0 Å². The van der Waals surface area contributed by atoms with E-state index in [1.165, 1.54) is 0 Å². The second-order valence-electron chi connectivity index (χ2n) is 5.07. The molecule has 100 valence electrons. The number of aromatic amines is 1. The van der Waals surface area contributed by atoms with E-state index in [-0.39, 0.29) is 11.3 Å². The summed E-state index contributed by atoms with van der Waals surface area (Å²) in [4.78, 5) is 12.4. The van der Waals surface area contributed by atoms with Gasteiger partial charge in [0.1, 0.15) is 0 Å². The van der Waals surface area contributed by atoms with Crippen LogP contribution in [0.25, 0.3) is 0 Å². The minimum atomic E-state index is -0.163. The monoisotopic (exact) mass is 250 g/mol. The molecule has 1 aromatic heterocycles. The van der Waals surface area contributed by atoms with Gasteiger partial charge in [0, 0.05) is 18.3 Å². The third-order valence-corrected chi connectivity index (χ3v) is 3.78. The van der Waals surface area contributed by atoms with Crippen molar-refractivity contribution in [1.29, 1.82) is 0 Å². The number of aromatic nitrogens is 2. The van der Waals surface area contributed by atoms with Gasteiger partial charge < -0.3 is 10.6 Å². The molecule has 1 aromatic rings. The maximum Gasteiger partial charge on any atom is 0.226 e. The van der Waals surface area contributed by atoms with Crippen LogP contribution in [0.2, 0.25) is 0 Å². The summed E-state index contributed by atoms with van der Waals surface area (Å²) in [5.41, 5.74) is 0.855. The molecule has 0 unspecified atom stereocenters. The Labute approximate surface area is 108 Å². The molecule has 0 spiro atoms. The summed E-state index contributed by atoms with van der Waals surface area (Å²) >= 11 is 0. The third kappa shape index (κ3) is 2.90. The third-order valence-electron chi connectivity index (χ3n) is 3.78. The number of rotatable bonds is 5. The van der Waals surface area contributed by atoms with Crippen LogP contribution in [0.5, 0.6) is 0 Å². The number of nitrogens with one attached hydrogen (secondary N) is 3.